The molecule has 31 heavy (non-hydrogen) atoms. The maximum absolute atomic E-state index is 12.6. The molecule has 0 fully saturated rings. The molecule has 3 rings (SSSR count). The van der Waals surface area contributed by atoms with Gasteiger partial charge < -0.3 is 10.1 Å². The van der Waals surface area contributed by atoms with Crippen LogP contribution in [-0.4, -0.2) is 32.1 Å². The Hall–Kier alpha value is -3.26. The summed E-state index contributed by atoms with van der Waals surface area (Å²) in [6, 6.07) is 14.0. The molecule has 0 atom stereocenters. The van der Waals surface area contributed by atoms with Gasteiger partial charge in [-0.3, -0.25) is 4.79 Å². The van der Waals surface area contributed by atoms with Gasteiger partial charge in [-0.1, -0.05) is 0 Å². The van der Waals surface area contributed by atoms with Gasteiger partial charge in [0.1, 0.15) is 17.4 Å². The number of amides is 1. The van der Waals surface area contributed by atoms with E-state index in [0.717, 1.165) is 16.7 Å². The molecule has 2 heterocycles. The number of aromatic nitrogens is 1. The molecule has 1 aromatic carbocycles. The average Bonchev–Trinajstić information content (AvgIpc) is 3.18. The highest BCUT2D eigenvalue weighted by Gasteiger charge is 2.13. The second-order valence-corrected chi connectivity index (χ2v) is 9.68. The van der Waals surface area contributed by atoms with E-state index in [1.165, 1.54) is 11.3 Å². The smallest absolute Gasteiger partial charge is 0.265 e. The van der Waals surface area contributed by atoms with Crippen molar-refractivity contribution in [1.29, 1.82) is 5.26 Å². The predicted octanol–water partition coefficient (Wildman–Crippen LogP) is 3.46. The molecular weight excluding hydrogens is 436 g/mol. The highest BCUT2D eigenvalue weighted by Crippen LogP contribution is 2.27. The Morgan fingerprint density at radius 1 is 1.26 bits per heavy atom. The number of hydrogen-bond donors (Lipinski definition) is 2. The molecule has 2 N–H and O–H groups in total. The fraction of sp³-hybridized carbons (Fsp3) is 0.190. The molecule has 0 bridgehead atoms. The van der Waals surface area contributed by atoms with E-state index < -0.39 is 10.0 Å². The van der Waals surface area contributed by atoms with E-state index in [1.807, 2.05) is 19.1 Å². The first-order valence-corrected chi connectivity index (χ1v) is 11.9. The lowest BCUT2D eigenvalue weighted by atomic mass is 10.2. The lowest BCUT2D eigenvalue weighted by Crippen LogP contribution is -2.24. The van der Waals surface area contributed by atoms with Gasteiger partial charge in [0.15, 0.2) is 0 Å². The van der Waals surface area contributed by atoms with Crippen LogP contribution in [0.1, 0.15) is 25.7 Å². The van der Waals surface area contributed by atoms with Crippen molar-refractivity contribution in [2.75, 3.05) is 18.1 Å². The normalized spacial score (nSPS) is 11.0. The van der Waals surface area contributed by atoms with Crippen LogP contribution in [0.3, 0.4) is 0 Å². The number of nitriles is 1. The first kappa shape index (κ1) is 22.4. The lowest BCUT2D eigenvalue weighted by molar-refractivity contribution is 0.103. The lowest BCUT2D eigenvalue weighted by Gasteiger charge is -2.11. The van der Waals surface area contributed by atoms with Crippen LogP contribution in [0.4, 0.5) is 5.69 Å². The number of nitrogens with zero attached hydrogens (tertiary/aromatic N) is 2. The minimum absolute atomic E-state index is 0.220. The van der Waals surface area contributed by atoms with Crippen LogP contribution in [0.15, 0.2) is 48.7 Å². The van der Waals surface area contributed by atoms with Gasteiger partial charge in [0.05, 0.1) is 11.1 Å². The molecule has 1 amide bonds. The van der Waals surface area contributed by atoms with Gasteiger partial charge in [0, 0.05) is 23.3 Å². The largest absolute Gasteiger partial charge is 0.438 e. The van der Waals surface area contributed by atoms with E-state index in [-0.39, 0.29) is 18.3 Å². The fourth-order valence-corrected chi connectivity index (χ4v) is 4.06. The molecule has 160 valence electrons. The number of carbonyl (C=O) groups excluding carboxylic acids is 1. The quantitative estimate of drug-likeness (QED) is 0.535. The molecule has 0 aliphatic rings. The second kappa shape index (κ2) is 9.70. The molecule has 0 aliphatic heterocycles. The Morgan fingerprint density at radius 2 is 2.06 bits per heavy atom. The summed E-state index contributed by atoms with van der Waals surface area (Å²) in [5.41, 5.74) is 1.75. The van der Waals surface area contributed by atoms with Gasteiger partial charge in [-0.25, -0.2) is 18.1 Å². The van der Waals surface area contributed by atoms with Gasteiger partial charge in [0.25, 0.3) is 5.91 Å². The number of rotatable bonds is 8. The van der Waals surface area contributed by atoms with Crippen LogP contribution in [0.25, 0.3) is 0 Å². The maximum atomic E-state index is 12.6. The molecule has 8 nitrogen and oxygen atoms in total. The fourth-order valence-electron chi connectivity index (χ4n) is 2.69. The number of pyridine rings is 1. The molecule has 0 spiro atoms. The summed E-state index contributed by atoms with van der Waals surface area (Å²) in [4.78, 5) is 18.1. The molecule has 0 radical (unpaired) electrons. The van der Waals surface area contributed by atoms with E-state index in [4.69, 9.17) is 10.00 Å². The number of aryl methyl sites for hydroxylation is 1. The van der Waals surface area contributed by atoms with Crippen LogP contribution in [0.5, 0.6) is 11.6 Å². The van der Waals surface area contributed by atoms with Gasteiger partial charge in [0.2, 0.25) is 15.9 Å². The second-order valence-electron chi connectivity index (χ2n) is 6.68. The first-order valence-electron chi connectivity index (χ1n) is 9.23. The number of thiophene rings is 1. The minimum atomic E-state index is -3.23. The van der Waals surface area contributed by atoms with Crippen molar-refractivity contribution < 1.29 is 17.9 Å². The summed E-state index contributed by atoms with van der Waals surface area (Å²) in [6.07, 6.45) is 3.16. The van der Waals surface area contributed by atoms with E-state index in [1.54, 1.807) is 42.6 Å². The number of benzene rings is 1. The van der Waals surface area contributed by atoms with Crippen molar-refractivity contribution in [3.05, 3.63) is 69.5 Å². The van der Waals surface area contributed by atoms with E-state index in [0.29, 0.717) is 28.3 Å². The number of ether oxygens (including phenoxy) is 1. The number of hydrogen-bond acceptors (Lipinski definition) is 7. The van der Waals surface area contributed by atoms with Crippen LogP contribution in [-0.2, 0) is 16.4 Å². The van der Waals surface area contributed by atoms with Gasteiger partial charge in [-0.2, -0.15) is 5.26 Å². The first-order chi connectivity index (χ1) is 14.7. The van der Waals surface area contributed by atoms with E-state index >= 15 is 0 Å². The predicted molar refractivity (Wildman–Crippen MR) is 119 cm³/mol. The van der Waals surface area contributed by atoms with Crippen LogP contribution >= 0.6 is 11.3 Å². The third kappa shape index (κ3) is 6.36. The zero-order valence-electron chi connectivity index (χ0n) is 16.9. The summed E-state index contributed by atoms with van der Waals surface area (Å²) in [5.74, 6) is 0.473. The third-order valence-electron chi connectivity index (χ3n) is 4.17. The zero-order chi connectivity index (χ0) is 22.4. The highest BCUT2D eigenvalue weighted by molar-refractivity contribution is 7.88. The summed E-state index contributed by atoms with van der Waals surface area (Å²) >= 11 is 1.32. The standard InChI is InChI=1S/C21H20N4O4S2/c1-14-12-16(29-21-15(13-22)4-3-10-23-21)5-7-18(14)25-20(26)19-8-6-17(30-19)9-11-24-31(2,27)28/h3-8,10,12,24H,9,11H2,1-2H3,(H,25,26). The molecule has 3 aromatic rings. The van der Waals surface area contributed by atoms with Crippen LogP contribution < -0.4 is 14.8 Å². The minimum Gasteiger partial charge on any atom is -0.438 e. The van der Waals surface area contributed by atoms with Crippen molar-refractivity contribution in [2.45, 2.75) is 13.3 Å². The third-order valence-corrected chi connectivity index (χ3v) is 6.05. The molecular formula is C21H20N4O4S2. The molecule has 10 heteroatoms. The number of nitrogens with one attached hydrogen (secondary N) is 2. The Kier molecular flexibility index (Phi) is 7.02. The monoisotopic (exact) mass is 456 g/mol. The summed E-state index contributed by atoms with van der Waals surface area (Å²) in [6.45, 7) is 2.12. The molecule has 2 aromatic heterocycles. The summed E-state index contributed by atoms with van der Waals surface area (Å²) in [7, 11) is -3.23. The Labute approximate surface area is 184 Å². The van der Waals surface area contributed by atoms with Gasteiger partial charge in [-0.05, 0) is 61.4 Å². The Bertz CT molecular complexity index is 1250. The molecule has 0 saturated heterocycles. The summed E-state index contributed by atoms with van der Waals surface area (Å²) in [5, 5.41) is 12.0. The van der Waals surface area contributed by atoms with Gasteiger partial charge in [-0.15, -0.1) is 11.3 Å². The van der Waals surface area contributed by atoms with E-state index in [2.05, 4.69) is 15.0 Å². The van der Waals surface area contributed by atoms with Crippen LogP contribution in [0, 0.1) is 18.3 Å². The van der Waals surface area contributed by atoms with Crippen molar-refractivity contribution in [2.24, 2.45) is 0 Å². The Balaban J connectivity index is 1.64. The number of carbonyl (C=O) groups is 1. The number of sulfonamides is 1. The highest BCUT2D eigenvalue weighted by atomic mass is 32.2. The van der Waals surface area contributed by atoms with E-state index in [9.17, 15) is 13.2 Å². The Morgan fingerprint density at radius 3 is 2.77 bits per heavy atom. The molecule has 0 unspecified atom stereocenters. The van der Waals surface area contributed by atoms with Crippen LogP contribution in [0.2, 0.25) is 0 Å². The SMILES string of the molecule is Cc1cc(Oc2ncccc2C#N)ccc1NC(=O)c1ccc(CCNS(C)(=O)=O)s1. The average molecular weight is 457 g/mol. The molecule has 0 saturated carbocycles. The number of anilines is 1. The van der Waals surface area contributed by atoms with Gasteiger partial charge >= 0.3 is 0 Å². The topological polar surface area (TPSA) is 121 Å². The molecule has 0 aliphatic carbocycles. The summed E-state index contributed by atoms with van der Waals surface area (Å²) < 4.78 is 30.4. The zero-order valence-corrected chi connectivity index (χ0v) is 18.5. The van der Waals surface area contributed by atoms with Crippen molar-refractivity contribution >= 4 is 33.0 Å². The maximum Gasteiger partial charge on any atom is 0.265 e. The van der Waals surface area contributed by atoms with Crippen molar-refractivity contribution in [3.8, 4) is 17.7 Å². The van der Waals surface area contributed by atoms with Crippen molar-refractivity contribution in [3.63, 3.8) is 0 Å². The van der Waals surface area contributed by atoms with Crippen molar-refractivity contribution in [1.82, 2.24) is 9.71 Å².